The van der Waals surface area contributed by atoms with E-state index in [4.69, 9.17) is 11.6 Å². The second kappa shape index (κ2) is 6.60. The minimum atomic E-state index is -2.83. The average molecular weight is 223 g/mol. The molecule has 0 aliphatic rings. The third-order valence-electron chi connectivity index (χ3n) is 1.30. The lowest BCUT2D eigenvalue weighted by Gasteiger charge is -2.06. The molecule has 0 bridgehead atoms. The Hall–Kier alpha value is -0.830. The van der Waals surface area contributed by atoms with Crippen LogP contribution in [0.25, 0.3) is 0 Å². The summed E-state index contributed by atoms with van der Waals surface area (Å²) in [6, 6.07) is 4.65. The number of halogens is 3. The Morgan fingerprint density at radius 3 is 2.29 bits per heavy atom. The van der Waals surface area contributed by atoms with E-state index in [-0.39, 0.29) is 10.8 Å². The standard InChI is InChI=1S/C8H7ClF2O.C2H6/c1-5-2-3-7(6(9)4-5)12-8(10)11;1-2/h2-4,8H,1H3;1-2H3. The third-order valence-corrected chi connectivity index (χ3v) is 1.60. The average Bonchev–Trinajstić information content (AvgIpc) is 2.13. The van der Waals surface area contributed by atoms with Gasteiger partial charge in [0.1, 0.15) is 5.75 Å². The van der Waals surface area contributed by atoms with Crippen LogP contribution >= 0.6 is 11.6 Å². The minimum Gasteiger partial charge on any atom is -0.433 e. The van der Waals surface area contributed by atoms with Crippen LogP contribution in [-0.4, -0.2) is 6.61 Å². The van der Waals surface area contributed by atoms with Crippen molar-refractivity contribution in [2.45, 2.75) is 27.4 Å². The summed E-state index contributed by atoms with van der Waals surface area (Å²) in [5.74, 6) is 0.0114. The van der Waals surface area contributed by atoms with Gasteiger partial charge in [-0.3, -0.25) is 0 Å². The first-order chi connectivity index (χ1) is 6.59. The molecule has 0 atom stereocenters. The molecule has 0 saturated heterocycles. The summed E-state index contributed by atoms with van der Waals surface area (Å²) < 4.78 is 27.6. The fraction of sp³-hybridized carbons (Fsp3) is 0.400. The monoisotopic (exact) mass is 222 g/mol. The van der Waals surface area contributed by atoms with Crippen molar-refractivity contribution < 1.29 is 13.5 Å². The number of hydrogen-bond acceptors (Lipinski definition) is 1. The van der Waals surface area contributed by atoms with Gasteiger partial charge in [0.25, 0.3) is 0 Å². The second-order valence-corrected chi connectivity index (χ2v) is 2.72. The smallest absolute Gasteiger partial charge is 0.387 e. The predicted octanol–water partition coefficient (Wildman–Crippen LogP) is 4.28. The summed E-state index contributed by atoms with van der Waals surface area (Å²) in [5, 5.41) is 0.204. The second-order valence-electron chi connectivity index (χ2n) is 2.31. The quantitative estimate of drug-likeness (QED) is 0.726. The molecule has 0 amide bonds. The van der Waals surface area contributed by atoms with Crippen LogP contribution in [0.15, 0.2) is 18.2 Å². The van der Waals surface area contributed by atoms with Gasteiger partial charge >= 0.3 is 6.61 Å². The van der Waals surface area contributed by atoms with Crippen molar-refractivity contribution in [2.75, 3.05) is 0 Å². The molecule has 1 aromatic rings. The molecule has 80 valence electrons. The van der Waals surface area contributed by atoms with E-state index in [1.54, 1.807) is 12.1 Å². The first kappa shape index (κ1) is 13.2. The maximum Gasteiger partial charge on any atom is 0.387 e. The van der Waals surface area contributed by atoms with Crippen LogP contribution in [0.5, 0.6) is 5.75 Å². The Morgan fingerprint density at radius 2 is 1.86 bits per heavy atom. The summed E-state index contributed by atoms with van der Waals surface area (Å²) in [7, 11) is 0. The molecule has 0 aromatic heterocycles. The minimum absolute atomic E-state index is 0.0114. The zero-order valence-corrected chi connectivity index (χ0v) is 9.11. The van der Waals surface area contributed by atoms with E-state index < -0.39 is 6.61 Å². The molecule has 4 heteroatoms. The van der Waals surface area contributed by atoms with E-state index in [2.05, 4.69) is 4.74 Å². The van der Waals surface area contributed by atoms with Crippen LogP contribution in [0.1, 0.15) is 19.4 Å². The van der Waals surface area contributed by atoms with E-state index in [0.717, 1.165) is 5.56 Å². The largest absolute Gasteiger partial charge is 0.433 e. The van der Waals surface area contributed by atoms with Crippen molar-refractivity contribution in [1.29, 1.82) is 0 Å². The first-order valence-corrected chi connectivity index (χ1v) is 4.68. The Morgan fingerprint density at radius 1 is 1.29 bits per heavy atom. The van der Waals surface area contributed by atoms with Crippen molar-refractivity contribution in [1.82, 2.24) is 0 Å². The highest BCUT2D eigenvalue weighted by Crippen LogP contribution is 2.26. The summed E-state index contributed by atoms with van der Waals surface area (Å²) in [5.41, 5.74) is 0.904. The van der Waals surface area contributed by atoms with E-state index in [1.807, 2.05) is 20.8 Å². The van der Waals surface area contributed by atoms with E-state index in [9.17, 15) is 8.78 Å². The lowest BCUT2D eigenvalue weighted by Crippen LogP contribution is -2.02. The summed E-state index contributed by atoms with van der Waals surface area (Å²) >= 11 is 5.62. The van der Waals surface area contributed by atoms with E-state index in [0.29, 0.717) is 0 Å². The molecule has 1 rings (SSSR count). The Balaban J connectivity index is 0.000000791. The number of hydrogen-bond donors (Lipinski definition) is 0. The maximum absolute atomic E-state index is 11.7. The van der Waals surface area contributed by atoms with Crippen LogP contribution in [0.4, 0.5) is 8.78 Å². The van der Waals surface area contributed by atoms with Gasteiger partial charge in [0.2, 0.25) is 0 Å². The molecule has 0 aliphatic carbocycles. The van der Waals surface area contributed by atoms with Gasteiger partial charge in [-0.05, 0) is 24.6 Å². The van der Waals surface area contributed by atoms with Gasteiger partial charge in [0.15, 0.2) is 0 Å². The lowest BCUT2D eigenvalue weighted by molar-refractivity contribution is -0.0497. The van der Waals surface area contributed by atoms with Gasteiger partial charge in [0.05, 0.1) is 5.02 Å². The van der Waals surface area contributed by atoms with Crippen molar-refractivity contribution in [3.05, 3.63) is 28.8 Å². The first-order valence-electron chi connectivity index (χ1n) is 4.30. The molecule has 0 unspecified atom stereocenters. The van der Waals surface area contributed by atoms with E-state index >= 15 is 0 Å². The summed E-state index contributed by atoms with van der Waals surface area (Å²) in [4.78, 5) is 0. The molecule has 0 heterocycles. The van der Waals surface area contributed by atoms with Crippen molar-refractivity contribution >= 4 is 11.6 Å². The molecule has 1 nitrogen and oxygen atoms in total. The molecule has 14 heavy (non-hydrogen) atoms. The highest BCUT2D eigenvalue weighted by atomic mass is 35.5. The van der Waals surface area contributed by atoms with Gasteiger partial charge in [-0.15, -0.1) is 0 Å². The SMILES string of the molecule is CC.Cc1ccc(OC(F)F)c(Cl)c1. The highest BCUT2D eigenvalue weighted by molar-refractivity contribution is 6.32. The molecule has 0 radical (unpaired) electrons. The topological polar surface area (TPSA) is 9.23 Å². The predicted molar refractivity (Wildman–Crippen MR) is 54.2 cm³/mol. The molecule has 0 aliphatic heterocycles. The molecule has 1 aromatic carbocycles. The zero-order valence-electron chi connectivity index (χ0n) is 8.35. The number of benzene rings is 1. The Labute approximate surface area is 87.6 Å². The van der Waals surface area contributed by atoms with Gasteiger partial charge in [0, 0.05) is 0 Å². The fourth-order valence-electron chi connectivity index (χ4n) is 0.797. The van der Waals surface area contributed by atoms with Crippen LogP contribution in [0.2, 0.25) is 5.02 Å². The Bertz CT molecular complexity index is 277. The van der Waals surface area contributed by atoms with Crippen LogP contribution in [0, 0.1) is 6.92 Å². The lowest BCUT2D eigenvalue weighted by atomic mass is 10.2. The van der Waals surface area contributed by atoms with Crippen LogP contribution in [-0.2, 0) is 0 Å². The number of ether oxygens (including phenoxy) is 1. The summed E-state index contributed by atoms with van der Waals surface area (Å²) in [6.45, 7) is 2.99. The molecule has 0 fully saturated rings. The van der Waals surface area contributed by atoms with Gasteiger partial charge in [-0.2, -0.15) is 8.78 Å². The van der Waals surface area contributed by atoms with Crippen molar-refractivity contribution in [3.63, 3.8) is 0 Å². The van der Waals surface area contributed by atoms with Crippen LogP contribution < -0.4 is 4.74 Å². The van der Waals surface area contributed by atoms with Gasteiger partial charge in [-0.25, -0.2) is 0 Å². The molecule has 0 spiro atoms. The number of alkyl halides is 2. The normalized spacial score (nSPS) is 9.36. The van der Waals surface area contributed by atoms with Crippen molar-refractivity contribution in [2.24, 2.45) is 0 Å². The Kier molecular flexibility index (Phi) is 6.21. The van der Waals surface area contributed by atoms with Gasteiger partial charge in [-0.1, -0.05) is 31.5 Å². The molecule has 0 N–H and O–H groups in total. The molecular weight excluding hydrogens is 210 g/mol. The number of aryl methyl sites for hydroxylation is 1. The maximum atomic E-state index is 11.7. The highest BCUT2D eigenvalue weighted by Gasteiger charge is 2.07. The van der Waals surface area contributed by atoms with Crippen molar-refractivity contribution in [3.8, 4) is 5.75 Å². The van der Waals surface area contributed by atoms with E-state index in [1.165, 1.54) is 6.07 Å². The van der Waals surface area contributed by atoms with Crippen LogP contribution in [0.3, 0.4) is 0 Å². The molecular formula is C10H13ClF2O. The fourth-order valence-corrected chi connectivity index (χ4v) is 1.08. The summed E-state index contributed by atoms with van der Waals surface area (Å²) in [6.07, 6.45) is 0. The third kappa shape index (κ3) is 4.42. The molecule has 0 saturated carbocycles. The zero-order chi connectivity index (χ0) is 11.1. The van der Waals surface area contributed by atoms with Gasteiger partial charge < -0.3 is 4.74 Å². The number of rotatable bonds is 2.